The van der Waals surface area contributed by atoms with Gasteiger partial charge in [0.2, 0.25) is 6.79 Å². The average Bonchev–Trinajstić information content (AvgIpc) is 3.37. The zero-order chi connectivity index (χ0) is 21.0. The first-order chi connectivity index (χ1) is 15.3. The van der Waals surface area contributed by atoms with Gasteiger partial charge in [0.15, 0.2) is 0 Å². The van der Waals surface area contributed by atoms with Gasteiger partial charge in [-0.1, -0.05) is 36.4 Å². The lowest BCUT2D eigenvalue weighted by Gasteiger charge is -2.38. The number of ether oxygens (including phenoxy) is 3. The standard InChI is InChI=1S/C25H27N3O3/c1-29-20-8-7-19-9-10-27-25(21(19)14-20)28-12-11-26-23(15-28)22(24-16-30-17-31-24)13-18-5-3-2-4-6-18/h2-10,14,16,22-23,26H,11-13,15,17H2,1H3. The molecule has 0 saturated carbocycles. The summed E-state index contributed by atoms with van der Waals surface area (Å²) in [4.78, 5) is 7.13. The number of hydrogen-bond acceptors (Lipinski definition) is 6. The molecule has 5 rings (SSSR count). The Bertz CT molecular complexity index is 1070. The van der Waals surface area contributed by atoms with Crippen LogP contribution in [0.3, 0.4) is 0 Å². The Morgan fingerprint density at radius 2 is 2.10 bits per heavy atom. The Hall–Kier alpha value is -3.25. The molecule has 2 aliphatic heterocycles. The van der Waals surface area contributed by atoms with E-state index in [-0.39, 0.29) is 12.0 Å². The summed E-state index contributed by atoms with van der Waals surface area (Å²) in [7, 11) is 1.70. The van der Waals surface area contributed by atoms with E-state index in [2.05, 4.69) is 46.6 Å². The molecule has 3 heterocycles. The largest absolute Gasteiger partial charge is 0.497 e. The lowest BCUT2D eigenvalue weighted by atomic mass is 9.89. The Morgan fingerprint density at radius 1 is 1.19 bits per heavy atom. The molecule has 0 aliphatic carbocycles. The van der Waals surface area contributed by atoms with Crippen LogP contribution in [0.15, 0.2) is 72.8 Å². The second kappa shape index (κ2) is 8.86. The highest BCUT2D eigenvalue weighted by Crippen LogP contribution is 2.31. The summed E-state index contributed by atoms with van der Waals surface area (Å²) < 4.78 is 16.7. The van der Waals surface area contributed by atoms with Gasteiger partial charge in [-0.3, -0.25) is 0 Å². The predicted molar refractivity (Wildman–Crippen MR) is 121 cm³/mol. The van der Waals surface area contributed by atoms with Gasteiger partial charge in [-0.25, -0.2) is 4.98 Å². The van der Waals surface area contributed by atoms with E-state index in [1.165, 1.54) is 5.56 Å². The molecule has 3 aromatic rings. The van der Waals surface area contributed by atoms with Crippen molar-refractivity contribution in [2.45, 2.75) is 12.5 Å². The van der Waals surface area contributed by atoms with Gasteiger partial charge in [-0.15, -0.1) is 0 Å². The van der Waals surface area contributed by atoms with Crippen LogP contribution in [-0.2, 0) is 15.9 Å². The van der Waals surface area contributed by atoms with Gasteiger partial charge in [0.25, 0.3) is 0 Å². The van der Waals surface area contributed by atoms with Crippen molar-refractivity contribution in [3.63, 3.8) is 0 Å². The average molecular weight is 418 g/mol. The van der Waals surface area contributed by atoms with Gasteiger partial charge in [-0.05, 0) is 35.6 Å². The number of pyridine rings is 1. The first kappa shape index (κ1) is 19.7. The number of rotatable bonds is 6. The number of anilines is 1. The van der Waals surface area contributed by atoms with Crippen molar-refractivity contribution >= 4 is 16.6 Å². The molecule has 1 fully saturated rings. The molecule has 2 aliphatic rings. The van der Waals surface area contributed by atoms with Crippen molar-refractivity contribution in [2.24, 2.45) is 5.92 Å². The molecule has 2 atom stereocenters. The van der Waals surface area contributed by atoms with Crippen LogP contribution in [-0.4, -0.2) is 44.6 Å². The predicted octanol–water partition coefficient (Wildman–Crippen LogP) is 3.73. The van der Waals surface area contributed by atoms with Crippen LogP contribution in [0, 0.1) is 5.92 Å². The van der Waals surface area contributed by atoms with Gasteiger partial charge >= 0.3 is 0 Å². The molecule has 0 amide bonds. The number of nitrogens with zero attached hydrogens (tertiary/aromatic N) is 2. The van der Waals surface area contributed by atoms with E-state index in [1.54, 1.807) is 13.4 Å². The Kier molecular flexibility index (Phi) is 5.63. The zero-order valence-corrected chi connectivity index (χ0v) is 17.7. The van der Waals surface area contributed by atoms with Crippen molar-refractivity contribution in [2.75, 3.05) is 38.4 Å². The second-order valence-corrected chi connectivity index (χ2v) is 7.97. The van der Waals surface area contributed by atoms with Crippen LogP contribution in [0.25, 0.3) is 10.8 Å². The highest BCUT2D eigenvalue weighted by atomic mass is 16.7. The van der Waals surface area contributed by atoms with Gasteiger partial charge in [-0.2, -0.15) is 0 Å². The van der Waals surface area contributed by atoms with Crippen molar-refractivity contribution < 1.29 is 14.2 Å². The molecule has 1 aromatic heterocycles. The van der Waals surface area contributed by atoms with Gasteiger partial charge in [0.05, 0.1) is 7.11 Å². The van der Waals surface area contributed by atoms with E-state index in [1.807, 2.05) is 24.4 Å². The third kappa shape index (κ3) is 4.16. The normalized spacial score (nSPS) is 19.5. The number of piperazine rings is 1. The first-order valence-electron chi connectivity index (χ1n) is 10.7. The maximum Gasteiger partial charge on any atom is 0.229 e. The number of methoxy groups -OCH3 is 1. The number of aromatic nitrogens is 1. The van der Waals surface area contributed by atoms with Crippen LogP contribution in [0.5, 0.6) is 5.75 Å². The van der Waals surface area contributed by atoms with E-state index in [9.17, 15) is 0 Å². The molecule has 31 heavy (non-hydrogen) atoms. The fourth-order valence-electron chi connectivity index (χ4n) is 4.51. The molecule has 0 radical (unpaired) electrons. The summed E-state index contributed by atoms with van der Waals surface area (Å²) in [5.74, 6) is 2.93. The first-order valence-corrected chi connectivity index (χ1v) is 10.7. The third-order valence-electron chi connectivity index (χ3n) is 6.10. The van der Waals surface area contributed by atoms with Crippen LogP contribution in [0.1, 0.15) is 5.56 Å². The van der Waals surface area contributed by atoms with E-state index in [0.29, 0.717) is 6.79 Å². The number of fused-ring (bicyclic) bond motifs is 1. The van der Waals surface area contributed by atoms with E-state index >= 15 is 0 Å². The minimum atomic E-state index is 0.178. The smallest absolute Gasteiger partial charge is 0.229 e. The minimum Gasteiger partial charge on any atom is -0.497 e. The zero-order valence-electron chi connectivity index (χ0n) is 17.7. The Balaban J connectivity index is 1.44. The Morgan fingerprint density at radius 3 is 2.90 bits per heavy atom. The van der Waals surface area contributed by atoms with Gasteiger partial charge in [0, 0.05) is 43.2 Å². The van der Waals surface area contributed by atoms with Gasteiger partial charge < -0.3 is 24.4 Å². The maximum atomic E-state index is 5.83. The topological polar surface area (TPSA) is 55.9 Å². The van der Waals surface area contributed by atoms with Crippen LogP contribution >= 0.6 is 0 Å². The number of nitrogens with one attached hydrogen (secondary N) is 1. The fraction of sp³-hybridized carbons (Fsp3) is 0.320. The van der Waals surface area contributed by atoms with Gasteiger partial charge in [0.1, 0.15) is 23.6 Å². The molecule has 6 nitrogen and oxygen atoms in total. The summed E-state index contributed by atoms with van der Waals surface area (Å²) in [5, 5.41) is 5.99. The lowest BCUT2D eigenvalue weighted by molar-refractivity contribution is 0.0665. The van der Waals surface area contributed by atoms with Crippen molar-refractivity contribution in [1.29, 1.82) is 0 Å². The fourth-order valence-corrected chi connectivity index (χ4v) is 4.51. The summed E-state index contributed by atoms with van der Waals surface area (Å²) in [5.41, 5.74) is 1.29. The highest BCUT2D eigenvalue weighted by Gasteiger charge is 2.33. The van der Waals surface area contributed by atoms with Crippen molar-refractivity contribution in [3.8, 4) is 5.75 Å². The SMILES string of the molecule is COc1ccc2ccnc(N3CCNC(C(Cc4ccccc4)C4=COCO4)C3)c2c1. The molecular weight excluding hydrogens is 390 g/mol. The van der Waals surface area contributed by atoms with E-state index in [4.69, 9.17) is 19.2 Å². The minimum absolute atomic E-state index is 0.178. The molecule has 2 aromatic carbocycles. The summed E-state index contributed by atoms with van der Waals surface area (Å²) in [6, 6.07) is 19.0. The number of benzene rings is 2. The molecule has 0 spiro atoms. The lowest BCUT2D eigenvalue weighted by Crippen LogP contribution is -2.55. The quantitative estimate of drug-likeness (QED) is 0.660. The molecule has 0 bridgehead atoms. The van der Waals surface area contributed by atoms with Crippen LogP contribution in [0.4, 0.5) is 5.82 Å². The van der Waals surface area contributed by atoms with Crippen LogP contribution < -0.4 is 15.0 Å². The second-order valence-electron chi connectivity index (χ2n) is 7.97. The molecule has 6 heteroatoms. The third-order valence-corrected chi connectivity index (χ3v) is 6.10. The summed E-state index contributed by atoms with van der Waals surface area (Å²) >= 11 is 0. The maximum absolute atomic E-state index is 5.83. The summed E-state index contributed by atoms with van der Waals surface area (Å²) in [6.45, 7) is 2.91. The monoisotopic (exact) mass is 417 g/mol. The molecule has 160 valence electrons. The summed E-state index contributed by atoms with van der Waals surface area (Å²) in [6.07, 6.45) is 4.55. The molecule has 1 saturated heterocycles. The highest BCUT2D eigenvalue weighted by molar-refractivity contribution is 5.93. The van der Waals surface area contributed by atoms with Crippen molar-refractivity contribution in [1.82, 2.24) is 10.3 Å². The molecule has 2 unspecified atom stereocenters. The molecule has 1 N–H and O–H groups in total. The van der Waals surface area contributed by atoms with E-state index in [0.717, 1.165) is 54.2 Å². The van der Waals surface area contributed by atoms with Crippen molar-refractivity contribution in [3.05, 3.63) is 78.4 Å². The van der Waals surface area contributed by atoms with Crippen LogP contribution in [0.2, 0.25) is 0 Å². The number of hydrogen-bond donors (Lipinski definition) is 1. The Labute approximate surface area is 182 Å². The van der Waals surface area contributed by atoms with E-state index < -0.39 is 0 Å². The molecular formula is C25H27N3O3.